The summed E-state index contributed by atoms with van der Waals surface area (Å²) in [6, 6.07) is 0. The van der Waals surface area contributed by atoms with Crippen molar-refractivity contribution in [3.8, 4) is 0 Å². The molecule has 4 atom stereocenters. The van der Waals surface area contributed by atoms with Gasteiger partial charge in [-0.1, -0.05) is 129 Å². The number of nitrogens with zero attached hydrogens (tertiary/aromatic N) is 1. The maximum atomic E-state index is 13.0. The van der Waals surface area contributed by atoms with Gasteiger partial charge in [0.25, 0.3) is 5.91 Å². The van der Waals surface area contributed by atoms with Gasteiger partial charge in [-0.25, -0.2) is 0 Å². The first-order valence-electron chi connectivity index (χ1n) is 15.6. The lowest BCUT2D eigenvalue weighted by Gasteiger charge is -2.30. The Kier molecular flexibility index (Phi) is 24.0. The topological polar surface area (TPSA) is 144 Å². The second kappa shape index (κ2) is 24.8. The zero-order chi connectivity index (χ0) is 28.6. The number of rotatable bonds is 27. The Hall–Kier alpha value is -1.22. The van der Waals surface area contributed by atoms with Gasteiger partial charge >= 0.3 is 0 Å². The van der Waals surface area contributed by atoms with Crippen LogP contribution in [0.3, 0.4) is 0 Å². The molecule has 0 aromatic carbocycles. The monoisotopic (exact) mass is 544 g/mol. The van der Waals surface area contributed by atoms with Crippen LogP contribution in [0.25, 0.3) is 0 Å². The highest BCUT2D eigenvalue weighted by atomic mass is 16.4. The number of amides is 2. The van der Waals surface area contributed by atoms with Crippen molar-refractivity contribution in [1.29, 1.82) is 0 Å². The molecule has 0 rings (SSSR count). The van der Waals surface area contributed by atoms with Crippen LogP contribution < -0.4 is 5.73 Å². The third kappa shape index (κ3) is 18.1. The largest absolute Gasteiger partial charge is 0.387 e. The lowest BCUT2D eigenvalue weighted by molar-refractivity contribution is -0.160. The van der Waals surface area contributed by atoms with E-state index in [0.717, 1.165) is 38.5 Å². The molecule has 38 heavy (non-hydrogen) atoms. The zero-order valence-electron chi connectivity index (χ0n) is 24.5. The Morgan fingerprint density at radius 1 is 0.526 bits per heavy atom. The Labute approximate surface area is 232 Å². The van der Waals surface area contributed by atoms with Crippen molar-refractivity contribution >= 4 is 11.8 Å². The highest BCUT2D eigenvalue weighted by Gasteiger charge is 2.38. The minimum absolute atomic E-state index is 0.463. The highest BCUT2D eigenvalue weighted by molar-refractivity contribution is 5.82. The number of carbonyl (C=O) groups excluding carboxylic acids is 2. The van der Waals surface area contributed by atoms with Gasteiger partial charge in [0.15, 0.2) is 12.2 Å². The standard InChI is InChI=1S/C30H60N2O6/c1-3-5-7-9-11-13-15-17-19-21-23-32(24-22-20-18-16-14-12-10-8-6-4-2)30(38)28(36)26(34)25(33)27(35)29(31)37/h25-28,33-36H,3-24H2,1-2H3,(H2,31,37)/t25-,26-,27-,28+/m0/s1. The molecular formula is C30H60N2O6. The minimum Gasteiger partial charge on any atom is -0.387 e. The van der Waals surface area contributed by atoms with Crippen molar-refractivity contribution in [2.45, 2.75) is 167 Å². The number of carbonyl (C=O) groups is 2. The number of hydrogen-bond donors (Lipinski definition) is 5. The third-order valence-corrected chi connectivity index (χ3v) is 7.42. The molecule has 2 amide bonds. The van der Waals surface area contributed by atoms with Gasteiger partial charge in [0.2, 0.25) is 5.91 Å². The second-order valence-electron chi connectivity index (χ2n) is 11.0. The molecule has 6 N–H and O–H groups in total. The average molecular weight is 545 g/mol. The van der Waals surface area contributed by atoms with Gasteiger partial charge in [-0.05, 0) is 12.8 Å². The van der Waals surface area contributed by atoms with Gasteiger partial charge in [-0.3, -0.25) is 9.59 Å². The summed E-state index contributed by atoms with van der Waals surface area (Å²) >= 11 is 0. The Morgan fingerprint density at radius 2 is 0.816 bits per heavy atom. The molecule has 226 valence electrons. The second-order valence-corrected chi connectivity index (χ2v) is 11.0. The number of aliphatic hydroxyl groups excluding tert-OH is 4. The van der Waals surface area contributed by atoms with Crippen molar-refractivity contribution in [2.24, 2.45) is 5.73 Å². The first-order valence-corrected chi connectivity index (χ1v) is 15.6. The van der Waals surface area contributed by atoms with E-state index in [1.807, 2.05) is 0 Å². The molecule has 0 aliphatic heterocycles. The SMILES string of the molecule is CCCCCCCCCCCCN(CCCCCCCCCCCC)C(=O)[C@H](O)[C@@H](O)[C@H](O)[C@H](O)C(N)=O. The number of nitrogens with two attached hydrogens (primary N) is 1. The van der Waals surface area contributed by atoms with Gasteiger partial charge in [0, 0.05) is 13.1 Å². The van der Waals surface area contributed by atoms with E-state index in [1.54, 1.807) is 4.90 Å². The summed E-state index contributed by atoms with van der Waals surface area (Å²) in [6.45, 7) is 5.36. The number of hydrogen-bond acceptors (Lipinski definition) is 6. The molecule has 8 heteroatoms. The molecule has 0 saturated carbocycles. The van der Waals surface area contributed by atoms with E-state index in [1.165, 1.54) is 89.9 Å². The Morgan fingerprint density at radius 3 is 1.13 bits per heavy atom. The summed E-state index contributed by atoms with van der Waals surface area (Å²) in [4.78, 5) is 25.6. The van der Waals surface area contributed by atoms with Crippen LogP contribution in [0.1, 0.15) is 142 Å². The van der Waals surface area contributed by atoms with E-state index < -0.39 is 36.2 Å². The third-order valence-electron chi connectivity index (χ3n) is 7.42. The zero-order valence-corrected chi connectivity index (χ0v) is 24.5. The van der Waals surface area contributed by atoms with E-state index in [4.69, 9.17) is 5.73 Å². The predicted molar refractivity (Wildman–Crippen MR) is 153 cm³/mol. The van der Waals surface area contributed by atoms with Crippen molar-refractivity contribution in [1.82, 2.24) is 4.90 Å². The van der Waals surface area contributed by atoms with Crippen LogP contribution >= 0.6 is 0 Å². The molecule has 8 nitrogen and oxygen atoms in total. The molecule has 0 fully saturated rings. The maximum absolute atomic E-state index is 13.0. The van der Waals surface area contributed by atoms with E-state index >= 15 is 0 Å². The molecular weight excluding hydrogens is 484 g/mol. The van der Waals surface area contributed by atoms with Crippen LogP contribution in [-0.2, 0) is 9.59 Å². The van der Waals surface area contributed by atoms with Crippen LogP contribution in [0, 0.1) is 0 Å². The summed E-state index contributed by atoms with van der Waals surface area (Å²) in [5, 5.41) is 40.2. The van der Waals surface area contributed by atoms with Gasteiger partial charge in [0.05, 0.1) is 0 Å². The summed E-state index contributed by atoms with van der Waals surface area (Å²) in [5.41, 5.74) is 4.97. The fourth-order valence-electron chi connectivity index (χ4n) is 4.79. The van der Waals surface area contributed by atoms with Crippen LogP contribution in [0.5, 0.6) is 0 Å². The van der Waals surface area contributed by atoms with Gasteiger partial charge in [0.1, 0.15) is 12.2 Å². The molecule has 0 saturated heterocycles. The molecule has 0 heterocycles. The van der Waals surface area contributed by atoms with Crippen LogP contribution in [0.15, 0.2) is 0 Å². The van der Waals surface area contributed by atoms with E-state index in [-0.39, 0.29) is 0 Å². The predicted octanol–water partition coefficient (Wildman–Crippen LogP) is 4.59. The normalized spacial score (nSPS) is 14.7. The lowest BCUT2D eigenvalue weighted by Crippen LogP contribution is -2.54. The van der Waals surface area contributed by atoms with Crippen molar-refractivity contribution < 1.29 is 30.0 Å². The lowest BCUT2D eigenvalue weighted by atomic mass is 10.0. The molecule has 0 unspecified atom stereocenters. The molecule has 0 spiro atoms. The van der Waals surface area contributed by atoms with E-state index in [0.29, 0.717) is 13.1 Å². The molecule has 0 bridgehead atoms. The quantitative estimate of drug-likeness (QED) is 0.0957. The summed E-state index contributed by atoms with van der Waals surface area (Å²) in [7, 11) is 0. The first-order chi connectivity index (χ1) is 18.3. The molecule has 0 radical (unpaired) electrons. The highest BCUT2D eigenvalue weighted by Crippen LogP contribution is 2.15. The van der Waals surface area contributed by atoms with Crippen LogP contribution in [-0.4, -0.2) is 74.6 Å². The molecule has 0 aromatic heterocycles. The summed E-state index contributed by atoms with van der Waals surface area (Å²) in [6.07, 6.45) is 15.4. The van der Waals surface area contributed by atoms with Crippen molar-refractivity contribution in [3.05, 3.63) is 0 Å². The maximum Gasteiger partial charge on any atom is 0.254 e. The summed E-state index contributed by atoms with van der Waals surface area (Å²) in [5.74, 6) is -1.93. The van der Waals surface area contributed by atoms with Crippen LogP contribution in [0.2, 0.25) is 0 Å². The molecule has 0 aliphatic rings. The number of primary amides is 1. The number of aliphatic hydroxyl groups is 4. The van der Waals surface area contributed by atoms with E-state index in [9.17, 15) is 30.0 Å². The fraction of sp³-hybridized carbons (Fsp3) is 0.933. The first kappa shape index (κ1) is 36.8. The summed E-state index contributed by atoms with van der Waals surface area (Å²) < 4.78 is 0. The van der Waals surface area contributed by atoms with Crippen molar-refractivity contribution in [2.75, 3.05) is 13.1 Å². The average Bonchev–Trinajstić information content (AvgIpc) is 2.91. The smallest absolute Gasteiger partial charge is 0.254 e. The van der Waals surface area contributed by atoms with Gasteiger partial charge in [-0.15, -0.1) is 0 Å². The van der Waals surface area contributed by atoms with E-state index in [2.05, 4.69) is 13.8 Å². The van der Waals surface area contributed by atoms with Gasteiger partial charge in [-0.2, -0.15) is 0 Å². The van der Waals surface area contributed by atoms with Crippen LogP contribution in [0.4, 0.5) is 0 Å². The Balaban J connectivity index is 4.57. The molecule has 0 aliphatic carbocycles. The number of unbranched alkanes of at least 4 members (excludes halogenated alkanes) is 18. The van der Waals surface area contributed by atoms with Crippen molar-refractivity contribution in [3.63, 3.8) is 0 Å². The fourth-order valence-corrected chi connectivity index (χ4v) is 4.79. The van der Waals surface area contributed by atoms with Gasteiger partial charge < -0.3 is 31.1 Å². The Bertz CT molecular complexity index is 553. The minimum atomic E-state index is -2.06. The molecule has 0 aromatic rings.